The summed E-state index contributed by atoms with van der Waals surface area (Å²) in [6.07, 6.45) is 3.92. The first-order valence-electron chi connectivity index (χ1n) is 9.81. The van der Waals surface area contributed by atoms with Gasteiger partial charge in [-0.1, -0.05) is 44.0 Å². The number of halogens is 2. The molecule has 2 aromatic heterocycles. The van der Waals surface area contributed by atoms with Crippen LogP contribution in [0.3, 0.4) is 0 Å². The van der Waals surface area contributed by atoms with E-state index < -0.39 is 0 Å². The molecular formula is C24H18Br2N4S. The fourth-order valence-electron chi connectivity index (χ4n) is 4.03. The first-order valence-corrected chi connectivity index (χ1v) is 11.8. The highest BCUT2D eigenvalue weighted by Gasteiger charge is 2.42. The van der Waals surface area contributed by atoms with E-state index in [-0.39, 0.29) is 12.1 Å². The van der Waals surface area contributed by atoms with Crippen LogP contribution >= 0.6 is 44.1 Å². The zero-order chi connectivity index (χ0) is 21.4. The van der Waals surface area contributed by atoms with E-state index in [0.717, 1.165) is 31.7 Å². The molecule has 2 atom stereocenters. The zero-order valence-electron chi connectivity index (χ0n) is 16.3. The maximum Gasteiger partial charge on any atom is 0.174 e. The molecule has 7 heteroatoms. The van der Waals surface area contributed by atoms with Crippen LogP contribution in [0, 0.1) is 0 Å². The average Bonchev–Trinajstić information content (AvgIpc) is 3.39. The van der Waals surface area contributed by atoms with Crippen molar-refractivity contribution in [3.8, 4) is 5.69 Å². The third kappa shape index (κ3) is 3.93. The van der Waals surface area contributed by atoms with Gasteiger partial charge in [-0.2, -0.15) is 0 Å². The Kier molecular flexibility index (Phi) is 5.65. The lowest BCUT2D eigenvalue weighted by Gasteiger charge is -2.29. The van der Waals surface area contributed by atoms with Gasteiger partial charge in [0, 0.05) is 38.4 Å². The van der Waals surface area contributed by atoms with E-state index in [1.165, 1.54) is 0 Å². The number of anilines is 1. The SMILES string of the molecule is S=C1N[C@H](c2ccccn2)[C@@H](c2cccn2-c2cccc(Br)c2)N1c1ccc(Br)cc1. The van der Waals surface area contributed by atoms with E-state index in [0.29, 0.717) is 5.11 Å². The second-order valence-electron chi connectivity index (χ2n) is 7.26. The third-order valence-electron chi connectivity index (χ3n) is 5.37. The normalized spacial score (nSPS) is 18.3. The monoisotopic (exact) mass is 552 g/mol. The van der Waals surface area contributed by atoms with Crippen LogP contribution in [0.4, 0.5) is 5.69 Å². The van der Waals surface area contributed by atoms with Gasteiger partial charge in [0.2, 0.25) is 0 Å². The Bertz CT molecular complexity index is 1220. The molecule has 0 spiro atoms. The minimum absolute atomic E-state index is 0.0717. The molecule has 2 aromatic carbocycles. The summed E-state index contributed by atoms with van der Waals surface area (Å²) in [7, 11) is 0. The molecule has 1 saturated heterocycles. The Hall–Kier alpha value is -2.48. The highest BCUT2D eigenvalue weighted by Crippen LogP contribution is 2.42. The van der Waals surface area contributed by atoms with Gasteiger partial charge in [-0.05, 0) is 78.9 Å². The standard InChI is InChI=1S/C24H18Br2N4S/c25-16-9-11-18(12-10-16)30-23(22(28-24(30)31)20-7-1-2-13-27-20)21-8-4-14-29(21)19-6-3-5-17(26)15-19/h1-15,22-23H,(H,28,31)/t22-,23-/m1/s1. The Morgan fingerprint density at radius 1 is 0.839 bits per heavy atom. The van der Waals surface area contributed by atoms with E-state index in [1.54, 1.807) is 0 Å². The number of aromatic nitrogens is 2. The molecule has 0 aliphatic carbocycles. The van der Waals surface area contributed by atoms with E-state index >= 15 is 0 Å². The first kappa shape index (κ1) is 20.4. The van der Waals surface area contributed by atoms with Gasteiger partial charge in [-0.25, -0.2) is 0 Å². The first-order chi connectivity index (χ1) is 15.1. The van der Waals surface area contributed by atoms with Crippen molar-refractivity contribution in [2.45, 2.75) is 12.1 Å². The number of nitrogens with one attached hydrogen (secondary N) is 1. The minimum atomic E-state index is -0.0850. The maximum absolute atomic E-state index is 5.82. The molecule has 1 N–H and O–H groups in total. The van der Waals surface area contributed by atoms with Gasteiger partial charge in [0.05, 0.1) is 11.7 Å². The number of hydrogen-bond acceptors (Lipinski definition) is 2. The highest BCUT2D eigenvalue weighted by molar-refractivity contribution is 9.10. The van der Waals surface area contributed by atoms with Gasteiger partial charge in [-0.15, -0.1) is 0 Å². The smallest absolute Gasteiger partial charge is 0.174 e. The summed E-state index contributed by atoms with van der Waals surface area (Å²) in [5.74, 6) is 0. The predicted octanol–water partition coefficient (Wildman–Crippen LogP) is 6.57. The van der Waals surface area contributed by atoms with Crippen molar-refractivity contribution >= 4 is 54.9 Å². The number of thiocarbonyl (C=S) groups is 1. The lowest BCUT2D eigenvalue weighted by atomic mass is 10.0. The molecular weight excluding hydrogens is 536 g/mol. The van der Waals surface area contributed by atoms with Gasteiger partial charge in [0.1, 0.15) is 6.04 Å². The number of rotatable bonds is 4. The van der Waals surface area contributed by atoms with Crippen molar-refractivity contribution in [3.05, 3.63) is 112 Å². The molecule has 1 aliphatic rings. The Labute approximate surface area is 203 Å². The van der Waals surface area contributed by atoms with Crippen LogP contribution in [0.25, 0.3) is 5.69 Å². The van der Waals surface area contributed by atoms with E-state index in [2.05, 4.69) is 94.2 Å². The molecule has 4 nitrogen and oxygen atoms in total. The number of hydrogen-bond donors (Lipinski definition) is 1. The van der Waals surface area contributed by atoms with Crippen LogP contribution in [0.2, 0.25) is 0 Å². The molecule has 5 rings (SSSR count). The number of pyridine rings is 1. The lowest BCUT2D eigenvalue weighted by Crippen LogP contribution is -2.30. The van der Waals surface area contributed by atoms with E-state index in [1.807, 2.05) is 48.7 Å². The summed E-state index contributed by atoms with van der Waals surface area (Å²) in [6.45, 7) is 0. The van der Waals surface area contributed by atoms with Crippen molar-refractivity contribution in [2.75, 3.05) is 4.90 Å². The lowest BCUT2D eigenvalue weighted by molar-refractivity contribution is 0.549. The number of nitrogens with zero attached hydrogens (tertiary/aromatic N) is 3. The van der Waals surface area contributed by atoms with Crippen molar-refractivity contribution in [3.63, 3.8) is 0 Å². The van der Waals surface area contributed by atoms with Gasteiger partial charge < -0.3 is 14.8 Å². The molecule has 0 saturated carbocycles. The summed E-state index contributed by atoms with van der Waals surface area (Å²) in [5, 5.41) is 4.21. The maximum atomic E-state index is 5.82. The van der Waals surface area contributed by atoms with Crippen LogP contribution in [0.5, 0.6) is 0 Å². The zero-order valence-corrected chi connectivity index (χ0v) is 20.3. The van der Waals surface area contributed by atoms with Crippen LogP contribution in [-0.4, -0.2) is 14.7 Å². The summed E-state index contributed by atoms with van der Waals surface area (Å²) < 4.78 is 4.28. The molecule has 4 aromatic rings. The average molecular weight is 554 g/mol. The predicted molar refractivity (Wildman–Crippen MR) is 136 cm³/mol. The summed E-state index contributed by atoms with van der Waals surface area (Å²) >= 11 is 13.0. The van der Waals surface area contributed by atoms with Crippen molar-refractivity contribution in [1.82, 2.24) is 14.9 Å². The minimum Gasteiger partial charge on any atom is -0.351 e. The van der Waals surface area contributed by atoms with Crippen LogP contribution in [0.1, 0.15) is 23.5 Å². The Morgan fingerprint density at radius 3 is 2.42 bits per heavy atom. The largest absolute Gasteiger partial charge is 0.351 e. The molecule has 0 unspecified atom stereocenters. The molecule has 0 radical (unpaired) electrons. The molecule has 31 heavy (non-hydrogen) atoms. The Morgan fingerprint density at radius 2 is 1.68 bits per heavy atom. The summed E-state index contributed by atoms with van der Waals surface area (Å²) in [4.78, 5) is 6.83. The molecule has 3 heterocycles. The van der Waals surface area contributed by atoms with E-state index in [9.17, 15) is 0 Å². The Balaban J connectivity index is 1.67. The summed E-state index contributed by atoms with van der Waals surface area (Å²) in [6, 6.07) is 26.6. The van der Waals surface area contributed by atoms with Crippen LogP contribution in [0.15, 0.2) is 100 Å². The topological polar surface area (TPSA) is 33.1 Å². The van der Waals surface area contributed by atoms with E-state index in [4.69, 9.17) is 12.2 Å². The molecule has 1 fully saturated rings. The van der Waals surface area contributed by atoms with Gasteiger partial charge in [0.25, 0.3) is 0 Å². The molecule has 1 aliphatic heterocycles. The van der Waals surface area contributed by atoms with Gasteiger partial charge in [-0.3, -0.25) is 4.98 Å². The molecule has 0 amide bonds. The van der Waals surface area contributed by atoms with Crippen molar-refractivity contribution in [2.24, 2.45) is 0 Å². The quantitative estimate of drug-likeness (QED) is 0.290. The second kappa shape index (κ2) is 8.57. The summed E-state index contributed by atoms with van der Waals surface area (Å²) in [5.41, 5.74) is 4.20. The molecule has 154 valence electrons. The van der Waals surface area contributed by atoms with Crippen molar-refractivity contribution < 1.29 is 0 Å². The van der Waals surface area contributed by atoms with Gasteiger partial charge in [0.15, 0.2) is 5.11 Å². The fourth-order valence-corrected chi connectivity index (χ4v) is 5.03. The highest BCUT2D eigenvalue weighted by atomic mass is 79.9. The fraction of sp³-hybridized carbons (Fsp3) is 0.0833. The second-order valence-corrected chi connectivity index (χ2v) is 9.47. The van der Waals surface area contributed by atoms with Crippen molar-refractivity contribution in [1.29, 1.82) is 0 Å². The van der Waals surface area contributed by atoms with Crippen LogP contribution < -0.4 is 10.2 Å². The van der Waals surface area contributed by atoms with Crippen LogP contribution in [-0.2, 0) is 0 Å². The van der Waals surface area contributed by atoms with Gasteiger partial charge >= 0.3 is 0 Å². The third-order valence-corrected chi connectivity index (χ3v) is 6.71. The number of benzene rings is 2. The molecule has 0 bridgehead atoms.